The summed E-state index contributed by atoms with van der Waals surface area (Å²) in [6.45, 7) is 0. The fourth-order valence-corrected chi connectivity index (χ4v) is 1.20. The van der Waals surface area contributed by atoms with Gasteiger partial charge in [0.05, 0.1) is 5.56 Å². The lowest BCUT2D eigenvalue weighted by Crippen LogP contribution is -1.99. The second-order valence-corrected chi connectivity index (χ2v) is 2.72. The lowest BCUT2D eigenvalue weighted by molar-refractivity contribution is 0.0693. The number of aromatic hydroxyl groups is 1. The molecule has 1 aromatic rings. The molecule has 0 aromatic heterocycles. The first-order chi connectivity index (χ1) is 6.07. The molecule has 0 heterocycles. The number of rotatable bonds is 1. The quantitative estimate of drug-likeness (QED) is 0.589. The van der Waals surface area contributed by atoms with Crippen LogP contribution in [0.1, 0.15) is 15.9 Å². The fraction of sp³-hybridized carbons (Fsp3) is 0. The van der Waals surface area contributed by atoms with E-state index in [9.17, 15) is 4.79 Å². The van der Waals surface area contributed by atoms with Gasteiger partial charge in [0.25, 0.3) is 0 Å². The van der Waals surface area contributed by atoms with Crippen LogP contribution in [0.15, 0.2) is 17.0 Å². The second kappa shape index (κ2) is 3.37. The summed E-state index contributed by atoms with van der Waals surface area (Å²) in [5.41, 5.74) is -0.221. The molecule has 0 amide bonds. The number of thiol groups is 1. The van der Waals surface area contributed by atoms with Gasteiger partial charge in [-0.2, -0.15) is 5.26 Å². The standard InChI is InChI=1S/C8H5NO3S/c9-3-5-6(10)2-1-4(7(5)13)8(11)12/h1-2,10,13H,(H,11,12). The highest BCUT2D eigenvalue weighted by Crippen LogP contribution is 2.26. The first-order valence-corrected chi connectivity index (χ1v) is 3.71. The predicted octanol–water partition coefficient (Wildman–Crippen LogP) is 1.25. The molecule has 66 valence electrons. The van der Waals surface area contributed by atoms with E-state index in [-0.39, 0.29) is 21.8 Å². The molecule has 0 spiro atoms. The van der Waals surface area contributed by atoms with Gasteiger partial charge in [-0.25, -0.2) is 4.79 Å². The van der Waals surface area contributed by atoms with E-state index in [1.54, 1.807) is 6.07 Å². The lowest BCUT2D eigenvalue weighted by atomic mass is 10.1. The molecule has 0 bridgehead atoms. The summed E-state index contributed by atoms with van der Waals surface area (Å²) in [4.78, 5) is 10.5. The molecule has 0 saturated heterocycles. The van der Waals surface area contributed by atoms with Crippen molar-refractivity contribution >= 4 is 18.6 Å². The topological polar surface area (TPSA) is 81.3 Å². The average molecular weight is 195 g/mol. The summed E-state index contributed by atoms with van der Waals surface area (Å²) in [7, 11) is 0. The van der Waals surface area contributed by atoms with E-state index in [0.717, 1.165) is 6.07 Å². The molecule has 0 radical (unpaired) electrons. The number of benzene rings is 1. The number of phenols is 1. The van der Waals surface area contributed by atoms with Gasteiger partial charge in [-0.1, -0.05) is 0 Å². The number of hydrogen-bond donors (Lipinski definition) is 3. The molecule has 4 nitrogen and oxygen atoms in total. The minimum atomic E-state index is -1.18. The number of hydrogen-bond acceptors (Lipinski definition) is 4. The Morgan fingerprint density at radius 2 is 2.15 bits per heavy atom. The average Bonchev–Trinajstić information content (AvgIpc) is 2.04. The molecule has 0 fully saturated rings. The van der Waals surface area contributed by atoms with E-state index < -0.39 is 5.97 Å². The molecule has 1 aromatic carbocycles. The van der Waals surface area contributed by atoms with Crippen LogP contribution >= 0.6 is 12.6 Å². The molecule has 0 atom stereocenters. The maximum atomic E-state index is 10.6. The molecule has 0 saturated carbocycles. The van der Waals surface area contributed by atoms with Gasteiger partial charge in [-0.3, -0.25) is 0 Å². The van der Waals surface area contributed by atoms with Crippen LogP contribution < -0.4 is 0 Å². The Hall–Kier alpha value is -1.67. The van der Waals surface area contributed by atoms with Gasteiger partial charge in [0.1, 0.15) is 17.4 Å². The number of nitriles is 1. The highest BCUT2D eigenvalue weighted by Gasteiger charge is 2.14. The van der Waals surface area contributed by atoms with Crippen molar-refractivity contribution in [1.82, 2.24) is 0 Å². The van der Waals surface area contributed by atoms with E-state index in [0.29, 0.717) is 0 Å². The summed E-state index contributed by atoms with van der Waals surface area (Å²) in [5.74, 6) is -1.45. The zero-order chi connectivity index (χ0) is 10.0. The summed E-state index contributed by atoms with van der Waals surface area (Å²) < 4.78 is 0. The summed E-state index contributed by atoms with van der Waals surface area (Å²) in [5, 5.41) is 26.3. The molecule has 13 heavy (non-hydrogen) atoms. The van der Waals surface area contributed by atoms with E-state index in [2.05, 4.69) is 12.6 Å². The van der Waals surface area contributed by atoms with Gasteiger partial charge >= 0.3 is 5.97 Å². The Labute approximate surface area is 79.5 Å². The van der Waals surface area contributed by atoms with Crippen molar-refractivity contribution in [3.05, 3.63) is 23.3 Å². The van der Waals surface area contributed by atoms with Gasteiger partial charge in [0.15, 0.2) is 0 Å². The van der Waals surface area contributed by atoms with Crippen LogP contribution in [0.3, 0.4) is 0 Å². The van der Waals surface area contributed by atoms with Crippen LogP contribution in [0.5, 0.6) is 5.75 Å². The molecule has 1 rings (SSSR count). The molecular weight excluding hydrogens is 190 g/mol. The SMILES string of the molecule is N#Cc1c(O)ccc(C(=O)O)c1S. The number of nitrogens with zero attached hydrogens (tertiary/aromatic N) is 1. The summed E-state index contributed by atoms with van der Waals surface area (Å²) >= 11 is 3.84. The van der Waals surface area contributed by atoms with Gasteiger partial charge in [0, 0.05) is 4.90 Å². The van der Waals surface area contributed by atoms with E-state index in [1.165, 1.54) is 6.07 Å². The van der Waals surface area contributed by atoms with Crippen molar-refractivity contribution in [3.8, 4) is 11.8 Å². The van der Waals surface area contributed by atoms with Crippen LogP contribution in [0, 0.1) is 11.3 Å². The third-order valence-corrected chi connectivity index (χ3v) is 1.96. The van der Waals surface area contributed by atoms with Crippen LogP contribution in [-0.2, 0) is 0 Å². The molecule has 0 unspecified atom stereocenters. The highest BCUT2D eigenvalue weighted by molar-refractivity contribution is 7.80. The molecule has 0 aliphatic rings. The Bertz CT molecular complexity index is 409. The van der Waals surface area contributed by atoms with Crippen LogP contribution in [0.2, 0.25) is 0 Å². The van der Waals surface area contributed by atoms with Gasteiger partial charge in [-0.15, -0.1) is 12.6 Å². The number of phenolic OH excluding ortho intramolecular Hbond substituents is 1. The largest absolute Gasteiger partial charge is 0.507 e. The number of carboxylic acids is 1. The third-order valence-electron chi connectivity index (χ3n) is 1.50. The Morgan fingerprint density at radius 3 is 2.62 bits per heavy atom. The first-order valence-electron chi connectivity index (χ1n) is 3.26. The van der Waals surface area contributed by atoms with Crippen LogP contribution in [0.4, 0.5) is 0 Å². The van der Waals surface area contributed by atoms with Crippen LogP contribution in [-0.4, -0.2) is 16.2 Å². The van der Waals surface area contributed by atoms with Gasteiger partial charge in [-0.05, 0) is 12.1 Å². The van der Waals surface area contributed by atoms with Crippen molar-refractivity contribution in [1.29, 1.82) is 5.26 Å². The van der Waals surface area contributed by atoms with Crippen molar-refractivity contribution < 1.29 is 15.0 Å². The predicted molar refractivity (Wildman–Crippen MR) is 47.0 cm³/mol. The van der Waals surface area contributed by atoms with Gasteiger partial charge in [0.2, 0.25) is 0 Å². The Balaban J connectivity index is 3.47. The summed E-state index contributed by atoms with van der Waals surface area (Å²) in [6, 6.07) is 4.02. The zero-order valence-corrected chi connectivity index (χ0v) is 7.25. The van der Waals surface area contributed by atoms with E-state index in [1.807, 2.05) is 0 Å². The fourth-order valence-electron chi connectivity index (χ4n) is 0.863. The molecule has 0 aliphatic carbocycles. The maximum Gasteiger partial charge on any atom is 0.336 e. The molecule has 5 heteroatoms. The number of carboxylic acid groups (broad SMARTS) is 1. The molecule has 2 N–H and O–H groups in total. The number of aromatic carboxylic acids is 1. The lowest BCUT2D eigenvalue weighted by Gasteiger charge is -2.02. The minimum absolute atomic E-state index is 0.0185. The Kier molecular flexibility index (Phi) is 2.44. The van der Waals surface area contributed by atoms with E-state index >= 15 is 0 Å². The van der Waals surface area contributed by atoms with E-state index in [4.69, 9.17) is 15.5 Å². The third kappa shape index (κ3) is 1.58. The van der Waals surface area contributed by atoms with Crippen molar-refractivity contribution in [2.75, 3.05) is 0 Å². The van der Waals surface area contributed by atoms with Crippen molar-refractivity contribution in [2.24, 2.45) is 0 Å². The normalized spacial score (nSPS) is 9.23. The monoisotopic (exact) mass is 195 g/mol. The minimum Gasteiger partial charge on any atom is -0.507 e. The highest BCUT2D eigenvalue weighted by atomic mass is 32.1. The number of carbonyl (C=O) groups is 1. The second-order valence-electron chi connectivity index (χ2n) is 2.27. The molecular formula is C8H5NO3S. The zero-order valence-electron chi connectivity index (χ0n) is 6.35. The van der Waals surface area contributed by atoms with Crippen molar-refractivity contribution in [3.63, 3.8) is 0 Å². The Morgan fingerprint density at radius 1 is 1.54 bits per heavy atom. The smallest absolute Gasteiger partial charge is 0.336 e. The van der Waals surface area contributed by atoms with Crippen molar-refractivity contribution in [2.45, 2.75) is 4.90 Å². The first kappa shape index (κ1) is 9.42. The summed E-state index contributed by atoms with van der Waals surface area (Å²) in [6.07, 6.45) is 0. The molecule has 0 aliphatic heterocycles. The van der Waals surface area contributed by atoms with Crippen LogP contribution in [0.25, 0.3) is 0 Å². The maximum absolute atomic E-state index is 10.6. The van der Waals surface area contributed by atoms with Gasteiger partial charge < -0.3 is 10.2 Å².